The summed E-state index contributed by atoms with van der Waals surface area (Å²) in [7, 11) is 1.60. The molecule has 0 saturated heterocycles. The van der Waals surface area contributed by atoms with Crippen molar-refractivity contribution < 1.29 is 4.74 Å². The molecule has 26 heavy (non-hydrogen) atoms. The lowest BCUT2D eigenvalue weighted by molar-refractivity contribution is 0.147. The molecule has 8 nitrogen and oxygen atoms in total. The number of H-pyrrole nitrogens is 1. The number of nitrogens with one attached hydrogen (secondary N) is 2. The van der Waals surface area contributed by atoms with Crippen LogP contribution in [-0.4, -0.2) is 38.9 Å². The van der Waals surface area contributed by atoms with Gasteiger partial charge in [0.15, 0.2) is 11.2 Å². The summed E-state index contributed by atoms with van der Waals surface area (Å²) in [6.07, 6.45) is 0.817. The third kappa shape index (κ3) is 3.70. The van der Waals surface area contributed by atoms with Gasteiger partial charge in [-0.15, -0.1) is 0 Å². The highest BCUT2D eigenvalue weighted by molar-refractivity contribution is 5.74. The largest absolute Gasteiger partial charge is 0.382 e. The molecule has 2 N–H and O–H groups in total. The summed E-state index contributed by atoms with van der Waals surface area (Å²) in [5, 5.41) is 3.26. The summed E-state index contributed by atoms with van der Waals surface area (Å²) in [6, 6.07) is 9.81. The molecule has 0 spiro atoms. The van der Waals surface area contributed by atoms with Gasteiger partial charge in [-0.3, -0.25) is 18.9 Å². The molecule has 0 aliphatic carbocycles. The molecule has 0 atom stereocenters. The molecule has 0 saturated carbocycles. The van der Waals surface area contributed by atoms with E-state index in [0.717, 1.165) is 12.0 Å². The summed E-state index contributed by atoms with van der Waals surface area (Å²) in [4.78, 5) is 31.1. The molecule has 3 rings (SSSR count). The molecular formula is C18H23N5O3. The Bertz CT molecular complexity index is 988. The summed E-state index contributed by atoms with van der Waals surface area (Å²) < 4.78 is 8.50. The Morgan fingerprint density at radius 1 is 1.23 bits per heavy atom. The van der Waals surface area contributed by atoms with E-state index >= 15 is 0 Å². The van der Waals surface area contributed by atoms with E-state index in [1.54, 1.807) is 7.05 Å². The number of nitrogens with zero attached hydrogens (tertiary/aromatic N) is 3. The zero-order chi connectivity index (χ0) is 18.5. The first-order chi connectivity index (χ1) is 12.6. The molecule has 0 bridgehead atoms. The van der Waals surface area contributed by atoms with E-state index in [1.807, 2.05) is 41.8 Å². The highest BCUT2D eigenvalue weighted by Gasteiger charge is 2.17. The third-order valence-electron chi connectivity index (χ3n) is 4.14. The zero-order valence-electron chi connectivity index (χ0n) is 15.0. The summed E-state index contributed by atoms with van der Waals surface area (Å²) >= 11 is 0. The molecule has 3 aromatic rings. The van der Waals surface area contributed by atoms with Crippen LogP contribution in [0.2, 0.25) is 0 Å². The van der Waals surface area contributed by atoms with E-state index < -0.39 is 11.2 Å². The van der Waals surface area contributed by atoms with Crippen molar-refractivity contribution in [1.29, 1.82) is 0 Å². The summed E-state index contributed by atoms with van der Waals surface area (Å²) in [5.41, 5.74) is 0.867. The van der Waals surface area contributed by atoms with Crippen LogP contribution in [0.4, 0.5) is 5.95 Å². The van der Waals surface area contributed by atoms with Crippen LogP contribution in [0.1, 0.15) is 18.9 Å². The van der Waals surface area contributed by atoms with Crippen molar-refractivity contribution in [2.75, 3.05) is 25.1 Å². The first-order valence-electron chi connectivity index (χ1n) is 8.67. The highest BCUT2D eigenvalue weighted by Crippen LogP contribution is 2.17. The van der Waals surface area contributed by atoms with Gasteiger partial charge in [-0.2, -0.15) is 4.98 Å². The fourth-order valence-electron chi connectivity index (χ4n) is 2.81. The average molecular weight is 357 g/mol. The maximum Gasteiger partial charge on any atom is 0.329 e. The van der Waals surface area contributed by atoms with Crippen LogP contribution in [0.25, 0.3) is 11.2 Å². The van der Waals surface area contributed by atoms with Gasteiger partial charge in [0, 0.05) is 26.8 Å². The fourth-order valence-corrected chi connectivity index (χ4v) is 2.81. The number of fused-ring (bicyclic) bond motifs is 1. The molecule has 138 valence electrons. The number of aryl methyl sites for hydroxylation is 1. The minimum atomic E-state index is -0.477. The molecule has 0 fully saturated rings. The molecule has 0 unspecified atom stereocenters. The van der Waals surface area contributed by atoms with Gasteiger partial charge in [-0.05, 0) is 18.9 Å². The van der Waals surface area contributed by atoms with E-state index in [0.29, 0.717) is 43.4 Å². The van der Waals surface area contributed by atoms with Crippen LogP contribution in [-0.2, 0) is 18.3 Å². The minimum Gasteiger partial charge on any atom is -0.382 e. The van der Waals surface area contributed by atoms with Gasteiger partial charge >= 0.3 is 5.69 Å². The molecule has 0 amide bonds. The number of anilines is 1. The number of ether oxygens (including phenoxy) is 1. The molecule has 8 heteroatoms. The lowest BCUT2D eigenvalue weighted by Crippen LogP contribution is -2.29. The normalized spacial score (nSPS) is 11.2. The average Bonchev–Trinajstić information content (AvgIpc) is 2.99. The topological polar surface area (TPSA) is 93.9 Å². The second kappa shape index (κ2) is 8.01. The van der Waals surface area contributed by atoms with Crippen LogP contribution in [0, 0.1) is 0 Å². The maximum atomic E-state index is 12.4. The third-order valence-corrected chi connectivity index (χ3v) is 4.14. The number of hydrogen-bond donors (Lipinski definition) is 2. The number of aromatic nitrogens is 4. The molecular weight excluding hydrogens is 334 g/mol. The number of rotatable bonds is 8. The van der Waals surface area contributed by atoms with Crippen molar-refractivity contribution in [3.63, 3.8) is 0 Å². The van der Waals surface area contributed by atoms with Crippen LogP contribution in [0.5, 0.6) is 0 Å². The van der Waals surface area contributed by atoms with Gasteiger partial charge in [-0.25, -0.2) is 4.79 Å². The smallest absolute Gasteiger partial charge is 0.329 e. The molecule has 2 heterocycles. The lowest BCUT2D eigenvalue weighted by Gasteiger charge is -2.10. The predicted octanol–water partition coefficient (Wildman–Crippen LogP) is 1.31. The molecule has 2 aromatic heterocycles. The van der Waals surface area contributed by atoms with Gasteiger partial charge in [0.25, 0.3) is 5.56 Å². The standard InChI is InChI=1S/C18H23N5O3/c1-3-26-11-7-10-19-17-20-15-14(16(24)21-18(25)22(15)2)23(17)12-13-8-5-4-6-9-13/h4-6,8-9H,3,7,10-12H2,1-2H3,(H,19,20)(H,21,24,25). The maximum absolute atomic E-state index is 12.4. The monoisotopic (exact) mass is 357 g/mol. The quantitative estimate of drug-likeness (QED) is 0.593. The summed E-state index contributed by atoms with van der Waals surface area (Å²) in [6.45, 7) is 4.43. The Balaban J connectivity index is 2.00. The van der Waals surface area contributed by atoms with Crippen molar-refractivity contribution in [2.45, 2.75) is 19.9 Å². The van der Waals surface area contributed by atoms with Crippen LogP contribution in [0.3, 0.4) is 0 Å². The molecule has 0 aliphatic heterocycles. The van der Waals surface area contributed by atoms with Gasteiger partial charge < -0.3 is 10.1 Å². The summed E-state index contributed by atoms with van der Waals surface area (Å²) in [5.74, 6) is 0.562. The number of hydrogen-bond acceptors (Lipinski definition) is 5. The van der Waals surface area contributed by atoms with E-state index in [4.69, 9.17) is 4.74 Å². The second-order valence-electron chi connectivity index (χ2n) is 5.97. The first-order valence-corrected chi connectivity index (χ1v) is 8.67. The number of benzene rings is 1. The van der Waals surface area contributed by atoms with Gasteiger partial charge in [0.1, 0.15) is 0 Å². The van der Waals surface area contributed by atoms with Crippen LogP contribution >= 0.6 is 0 Å². The van der Waals surface area contributed by atoms with Crippen molar-refractivity contribution in [3.05, 3.63) is 56.7 Å². The molecule has 1 aromatic carbocycles. The van der Waals surface area contributed by atoms with Gasteiger partial charge in [-0.1, -0.05) is 30.3 Å². The van der Waals surface area contributed by atoms with E-state index in [1.165, 1.54) is 4.57 Å². The van der Waals surface area contributed by atoms with Gasteiger partial charge in [0.05, 0.1) is 6.54 Å². The zero-order valence-corrected chi connectivity index (χ0v) is 15.0. The van der Waals surface area contributed by atoms with Crippen molar-refractivity contribution in [3.8, 4) is 0 Å². The fraction of sp³-hybridized carbons (Fsp3) is 0.389. The molecule has 0 radical (unpaired) electrons. The van der Waals surface area contributed by atoms with E-state index in [2.05, 4.69) is 15.3 Å². The second-order valence-corrected chi connectivity index (χ2v) is 5.97. The Labute approximate surface area is 150 Å². The van der Waals surface area contributed by atoms with Crippen molar-refractivity contribution in [1.82, 2.24) is 19.1 Å². The Hall–Kier alpha value is -2.87. The van der Waals surface area contributed by atoms with E-state index in [-0.39, 0.29) is 0 Å². The number of aromatic amines is 1. The molecule has 0 aliphatic rings. The van der Waals surface area contributed by atoms with Gasteiger partial charge in [0.2, 0.25) is 5.95 Å². The minimum absolute atomic E-state index is 0.363. The van der Waals surface area contributed by atoms with Crippen molar-refractivity contribution in [2.24, 2.45) is 7.05 Å². The Morgan fingerprint density at radius 2 is 2.00 bits per heavy atom. The first kappa shape index (κ1) is 17.9. The highest BCUT2D eigenvalue weighted by atomic mass is 16.5. The van der Waals surface area contributed by atoms with Crippen molar-refractivity contribution >= 4 is 17.1 Å². The number of imidazole rings is 1. The van der Waals surface area contributed by atoms with Crippen LogP contribution in [0.15, 0.2) is 39.9 Å². The predicted molar refractivity (Wildman–Crippen MR) is 101 cm³/mol. The van der Waals surface area contributed by atoms with E-state index in [9.17, 15) is 9.59 Å². The Kier molecular flexibility index (Phi) is 5.52. The van der Waals surface area contributed by atoms with Crippen LogP contribution < -0.4 is 16.6 Å². The lowest BCUT2D eigenvalue weighted by atomic mass is 10.2. The SMILES string of the molecule is CCOCCCNc1nc2c(c(=O)[nH]c(=O)n2C)n1Cc1ccccc1. The Morgan fingerprint density at radius 3 is 2.73 bits per heavy atom.